The number of phenolic OH excluding ortho intramolecular Hbond substituents is 1. The van der Waals surface area contributed by atoms with Gasteiger partial charge in [0.2, 0.25) is 0 Å². The van der Waals surface area contributed by atoms with Crippen LogP contribution in [0.2, 0.25) is 0 Å². The Hall–Kier alpha value is -3.75. The Morgan fingerprint density at radius 2 is 2.07 bits per heavy atom. The number of hydrogen-bond donors (Lipinski definition) is 4. The second-order valence-electron chi connectivity index (χ2n) is 6.11. The van der Waals surface area contributed by atoms with Crippen LogP contribution in [0.1, 0.15) is 24.0 Å². The van der Waals surface area contributed by atoms with Crippen molar-refractivity contribution < 1.29 is 19.4 Å². The number of allylic oxidation sites excluding steroid dienone is 1. The Labute approximate surface area is 159 Å². The second kappa shape index (κ2) is 7.47. The highest BCUT2D eigenvalue weighted by Crippen LogP contribution is 2.41. The smallest absolute Gasteiger partial charge is 0.337 e. The lowest BCUT2D eigenvalue weighted by Crippen LogP contribution is -2.35. The molecule has 0 bridgehead atoms. The zero-order valence-corrected chi connectivity index (χ0v) is 15.3. The zero-order chi connectivity index (χ0) is 20.4. The van der Waals surface area contributed by atoms with Crippen molar-refractivity contribution in [1.29, 1.82) is 0 Å². The molecule has 0 saturated heterocycles. The third kappa shape index (κ3) is 3.29. The third-order valence-electron chi connectivity index (χ3n) is 4.36. The van der Waals surface area contributed by atoms with E-state index in [0.29, 0.717) is 11.3 Å². The number of fused-ring (bicyclic) bond motifs is 1. The fraction of sp³-hybridized carbons (Fsp3) is 0.211. The molecule has 4 N–H and O–H groups in total. The van der Waals surface area contributed by atoms with Gasteiger partial charge in [0.05, 0.1) is 24.2 Å². The van der Waals surface area contributed by atoms with E-state index in [2.05, 4.69) is 21.9 Å². The van der Waals surface area contributed by atoms with Gasteiger partial charge in [0, 0.05) is 5.70 Å². The molecular formula is C19H19N3O6. The van der Waals surface area contributed by atoms with Crippen LogP contribution in [0.3, 0.4) is 0 Å². The molecular weight excluding hydrogens is 366 g/mol. The fourth-order valence-electron chi connectivity index (χ4n) is 3.19. The normalized spacial score (nSPS) is 15.4. The highest BCUT2D eigenvalue weighted by atomic mass is 16.5. The van der Waals surface area contributed by atoms with Gasteiger partial charge in [0.1, 0.15) is 12.4 Å². The molecule has 0 saturated carbocycles. The molecule has 0 amide bonds. The van der Waals surface area contributed by atoms with Crippen LogP contribution in [-0.2, 0) is 9.53 Å². The summed E-state index contributed by atoms with van der Waals surface area (Å²) in [4.78, 5) is 41.7. The summed E-state index contributed by atoms with van der Waals surface area (Å²) in [5.41, 5.74) is -0.186. The van der Waals surface area contributed by atoms with Gasteiger partial charge in [-0.2, -0.15) is 0 Å². The molecule has 2 heterocycles. The summed E-state index contributed by atoms with van der Waals surface area (Å²) in [6.45, 7) is 5.13. The number of nitrogens with one attached hydrogen (secondary N) is 3. The highest BCUT2D eigenvalue weighted by molar-refractivity contribution is 5.94. The lowest BCUT2D eigenvalue weighted by Gasteiger charge is -2.28. The first kappa shape index (κ1) is 19.0. The van der Waals surface area contributed by atoms with Gasteiger partial charge in [-0.05, 0) is 24.6 Å². The van der Waals surface area contributed by atoms with Crippen molar-refractivity contribution in [1.82, 2.24) is 9.97 Å². The maximum Gasteiger partial charge on any atom is 0.337 e. The monoisotopic (exact) mass is 385 g/mol. The summed E-state index contributed by atoms with van der Waals surface area (Å²) in [5, 5.41) is 13.1. The van der Waals surface area contributed by atoms with Gasteiger partial charge in [0.15, 0.2) is 11.5 Å². The van der Waals surface area contributed by atoms with E-state index in [1.54, 1.807) is 13.0 Å². The van der Waals surface area contributed by atoms with Gasteiger partial charge in [-0.1, -0.05) is 18.7 Å². The van der Waals surface area contributed by atoms with Crippen LogP contribution in [0.15, 0.2) is 51.7 Å². The summed E-state index contributed by atoms with van der Waals surface area (Å²) in [6.07, 6.45) is 1.43. The fourth-order valence-corrected chi connectivity index (χ4v) is 3.19. The molecule has 9 nitrogen and oxygen atoms in total. The largest absolute Gasteiger partial charge is 0.504 e. The van der Waals surface area contributed by atoms with Crippen LogP contribution in [-0.4, -0.2) is 34.8 Å². The molecule has 1 unspecified atom stereocenters. The van der Waals surface area contributed by atoms with E-state index in [9.17, 15) is 19.5 Å². The number of ether oxygens (including phenoxy) is 2. The maximum absolute atomic E-state index is 12.7. The van der Waals surface area contributed by atoms with Gasteiger partial charge in [-0.25, -0.2) is 9.59 Å². The Kier molecular flexibility index (Phi) is 5.08. The van der Waals surface area contributed by atoms with E-state index < -0.39 is 23.1 Å². The molecule has 146 valence electrons. The number of benzene rings is 1. The predicted octanol–water partition coefficient (Wildman–Crippen LogP) is 1.34. The van der Waals surface area contributed by atoms with E-state index in [-0.39, 0.29) is 35.1 Å². The van der Waals surface area contributed by atoms with Gasteiger partial charge in [0.25, 0.3) is 5.56 Å². The lowest BCUT2D eigenvalue weighted by atomic mass is 9.82. The van der Waals surface area contributed by atoms with E-state index in [0.717, 1.165) is 0 Å². The van der Waals surface area contributed by atoms with Crippen LogP contribution < -0.4 is 21.3 Å². The third-order valence-corrected chi connectivity index (χ3v) is 4.36. The van der Waals surface area contributed by atoms with Crippen molar-refractivity contribution in [3.8, 4) is 11.5 Å². The summed E-state index contributed by atoms with van der Waals surface area (Å²) in [6, 6.07) is 4.54. The first-order chi connectivity index (χ1) is 13.4. The first-order valence-corrected chi connectivity index (χ1v) is 8.36. The van der Waals surface area contributed by atoms with Crippen molar-refractivity contribution >= 4 is 11.8 Å². The van der Waals surface area contributed by atoms with Gasteiger partial charge < -0.3 is 19.9 Å². The minimum Gasteiger partial charge on any atom is -0.504 e. The Bertz CT molecular complexity index is 1100. The summed E-state index contributed by atoms with van der Waals surface area (Å²) in [5.74, 6) is -1.28. The van der Waals surface area contributed by atoms with E-state index >= 15 is 0 Å². The number of aromatic amines is 2. The number of phenols is 1. The number of esters is 1. The molecule has 1 atom stereocenters. The number of H-pyrrole nitrogens is 2. The number of carbonyl (C=O) groups is 1. The predicted molar refractivity (Wildman–Crippen MR) is 102 cm³/mol. The molecule has 1 aliphatic heterocycles. The Morgan fingerprint density at radius 3 is 2.71 bits per heavy atom. The quantitative estimate of drug-likeness (QED) is 0.451. The number of aromatic nitrogens is 2. The molecule has 0 spiro atoms. The lowest BCUT2D eigenvalue weighted by molar-refractivity contribution is -0.138. The summed E-state index contributed by atoms with van der Waals surface area (Å²) >= 11 is 0. The molecule has 0 aliphatic carbocycles. The average Bonchev–Trinajstić information content (AvgIpc) is 2.64. The standard InChI is InChI=1S/C19H19N3O6/c1-4-7-28-18(25)13-9(2)20-16-15(17(24)22-19(26)21-16)14(13)10-5-6-12(27-3)11(23)8-10/h4-6,8,14,23H,1,7H2,2-3H3,(H3,20,21,22,24,26). The number of methoxy groups -OCH3 is 1. The topological polar surface area (TPSA) is 134 Å². The minimum absolute atomic E-state index is 0.00890. The SMILES string of the molecule is C=CCOC(=O)C1=C(C)Nc2[nH]c(=O)[nH]c(=O)c2C1c1ccc(OC)c(O)c1. The molecule has 1 aromatic heterocycles. The average molecular weight is 385 g/mol. The van der Waals surface area contributed by atoms with Crippen molar-refractivity contribution in [2.45, 2.75) is 12.8 Å². The summed E-state index contributed by atoms with van der Waals surface area (Å²) < 4.78 is 10.2. The molecule has 1 aliphatic rings. The number of anilines is 1. The van der Waals surface area contributed by atoms with Gasteiger partial charge >= 0.3 is 11.7 Å². The van der Waals surface area contributed by atoms with E-state index in [4.69, 9.17) is 9.47 Å². The van der Waals surface area contributed by atoms with Crippen molar-refractivity contribution in [2.24, 2.45) is 0 Å². The van der Waals surface area contributed by atoms with Crippen LogP contribution in [0, 0.1) is 0 Å². The number of hydrogen-bond acceptors (Lipinski definition) is 7. The number of aromatic hydroxyl groups is 1. The minimum atomic E-state index is -0.883. The highest BCUT2D eigenvalue weighted by Gasteiger charge is 2.36. The molecule has 1 aromatic carbocycles. The van der Waals surface area contributed by atoms with Crippen LogP contribution in [0.4, 0.5) is 5.82 Å². The molecule has 3 rings (SSSR count). The molecule has 0 fully saturated rings. The molecule has 0 radical (unpaired) electrons. The Balaban J connectivity index is 2.25. The molecule has 2 aromatic rings. The van der Waals surface area contributed by atoms with Crippen molar-refractivity contribution in [3.05, 3.63) is 74.1 Å². The molecule has 9 heteroatoms. The van der Waals surface area contributed by atoms with Gasteiger partial charge in [-0.3, -0.25) is 14.8 Å². The van der Waals surface area contributed by atoms with Crippen LogP contribution >= 0.6 is 0 Å². The second-order valence-corrected chi connectivity index (χ2v) is 6.11. The van der Waals surface area contributed by atoms with E-state index in [1.165, 1.54) is 25.3 Å². The van der Waals surface area contributed by atoms with Crippen LogP contribution in [0.25, 0.3) is 0 Å². The summed E-state index contributed by atoms with van der Waals surface area (Å²) in [7, 11) is 1.41. The number of carbonyl (C=O) groups excluding carboxylic acids is 1. The van der Waals surface area contributed by atoms with E-state index in [1.807, 2.05) is 0 Å². The van der Waals surface area contributed by atoms with Crippen molar-refractivity contribution in [2.75, 3.05) is 19.0 Å². The Morgan fingerprint density at radius 1 is 1.32 bits per heavy atom. The zero-order valence-electron chi connectivity index (χ0n) is 15.3. The maximum atomic E-state index is 12.7. The number of rotatable bonds is 5. The van der Waals surface area contributed by atoms with Crippen molar-refractivity contribution in [3.63, 3.8) is 0 Å². The first-order valence-electron chi connectivity index (χ1n) is 8.36. The van der Waals surface area contributed by atoms with Gasteiger partial charge in [-0.15, -0.1) is 0 Å². The van der Waals surface area contributed by atoms with Crippen LogP contribution in [0.5, 0.6) is 11.5 Å². The molecule has 28 heavy (non-hydrogen) atoms.